The number of hydrogen-bond donors (Lipinski definition) is 1. The van der Waals surface area contributed by atoms with Gasteiger partial charge < -0.3 is 5.11 Å². The van der Waals surface area contributed by atoms with E-state index in [2.05, 4.69) is 6.92 Å². The number of carboxylic acids is 1. The first kappa shape index (κ1) is 6.20. The van der Waals surface area contributed by atoms with Crippen molar-refractivity contribution >= 4 is 5.97 Å². The molecule has 2 heteroatoms. The van der Waals surface area contributed by atoms with Crippen molar-refractivity contribution in [3.63, 3.8) is 0 Å². The molecular formula is C8H12O2. The molecule has 0 bridgehead atoms. The van der Waals surface area contributed by atoms with Crippen molar-refractivity contribution in [3.8, 4) is 0 Å². The number of aliphatic carboxylic acids is 1. The van der Waals surface area contributed by atoms with Gasteiger partial charge in [0.2, 0.25) is 0 Å². The first-order valence-corrected chi connectivity index (χ1v) is 3.87. The monoisotopic (exact) mass is 140 g/mol. The fourth-order valence-electron chi connectivity index (χ4n) is 2.43. The van der Waals surface area contributed by atoms with Crippen molar-refractivity contribution in [2.24, 2.45) is 17.3 Å². The van der Waals surface area contributed by atoms with E-state index in [4.69, 9.17) is 5.11 Å². The summed E-state index contributed by atoms with van der Waals surface area (Å²) in [5.74, 6) is 0.133. The molecule has 0 aromatic heterocycles. The van der Waals surface area contributed by atoms with E-state index in [1.165, 1.54) is 0 Å². The molecule has 0 amide bonds. The number of rotatable bonds is 1. The van der Waals surface area contributed by atoms with Crippen molar-refractivity contribution < 1.29 is 9.90 Å². The molecule has 2 saturated carbocycles. The molecule has 10 heavy (non-hydrogen) atoms. The van der Waals surface area contributed by atoms with Gasteiger partial charge in [0.1, 0.15) is 0 Å². The Labute approximate surface area is 60.2 Å². The van der Waals surface area contributed by atoms with Gasteiger partial charge in [0.05, 0.1) is 5.92 Å². The second-order valence-corrected chi connectivity index (χ2v) is 3.88. The van der Waals surface area contributed by atoms with E-state index in [0.717, 1.165) is 25.2 Å². The van der Waals surface area contributed by atoms with Crippen LogP contribution in [0.25, 0.3) is 0 Å². The van der Waals surface area contributed by atoms with Gasteiger partial charge in [-0.15, -0.1) is 0 Å². The van der Waals surface area contributed by atoms with Crippen LogP contribution >= 0.6 is 0 Å². The normalized spacial score (nSPS) is 50.5. The van der Waals surface area contributed by atoms with Gasteiger partial charge in [-0.2, -0.15) is 0 Å². The highest BCUT2D eigenvalue weighted by molar-refractivity contribution is 5.72. The van der Waals surface area contributed by atoms with Gasteiger partial charge >= 0.3 is 5.97 Å². The predicted molar refractivity (Wildman–Crippen MR) is 36.6 cm³/mol. The summed E-state index contributed by atoms with van der Waals surface area (Å²) in [5, 5.41) is 8.78. The van der Waals surface area contributed by atoms with Crippen LogP contribution in [-0.4, -0.2) is 11.1 Å². The van der Waals surface area contributed by atoms with Crippen molar-refractivity contribution in [2.75, 3.05) is 0 Å². The Kier molecular flexibility index (Phi) is 0.960. The van der Waals surface area contributed by atoms with Gasteiger partial charge in [0.25, 0.3) is 0 Å². The first-order valence-electron chi connectivity index (χ1n) is 3.87. The Morgan fingerprint density at radius 3 is 2.50 bits per heavy atom. The summed E-state index contributed by atoms with van der Waals surface area (Å²) in [5.41, 5.74) is 0.200. The lowest BCUT2D eigenvalue weighted by Crippen LogP contribution is -2.19. The van der Waals surface area contributed by atoms with Crippen molar-refractivity contribution in [3.05, 3.63) is 0 Å². The third-order valence-corrected chi connectivity index (χ3v) is 3.36. The Morgan fingerprint density at radius 2 is 2.30 bits per heavy atom. The van der Waals surface area contributed by atoms with E-state index in [1.54, 1.807) is 0 Å². The molecular weight excluding hydrogens is 128 g/mol. The zero-order chi connectivity index (χ0) is 7.35. The molecule has 0 heterocycles. The van der Waals surface area contributed by atoms with Crippen LogP contribution in [0.15, 0.2) is 0 Å². The fraction of sp³-hybridized carbons (Fsp3) is 0.875. The summed E-state index contributed by atoms with van der Waals surface area (Å²) in [4.78, 5) is 10.6. The summed E-state index contributed by atoms with van der Waals surface area (Å²) < 4.78 is 0. The van der Waals surface area contributed by atoms with Crippen LogP contribution in [0.4, 0.5) is 0 Å². The summed E-state index contributed by atoms with van der Waals surface area (Å²) >= 11 is 0. The zero-order valence-electron chi connectivity index (χ0n) is 6.13. The summed E-state index contributed by atoms with van der Waals surface area (Å²) in [6.45, 7) is 2.11. The standard InChI is InChI=1S/C8H12O2/c1-8-4-5(8)2-3-6(8)7(9)10/h5-6H,2-4H2,1H3,(H,9,10)/t5?,6-,8?/m1/s1. The summed E-state index contributed by atoms with van der Waals surface area (Å²) in [7, 11) is 0. The van der Waals surface area contributed by atoms with Gasteiger partial charge in [-0.1, -0.05) is 6.92 Å². The van der Waals surface area contributed by atoms with E-state index in [1.807, 2.05) is 0 Å². The Hall–Kier alpha value is -0.530. The minimum absolute atomic E-state index is 0.0301. The number of fused-ring (bicyclic) bond motifs is 1. The quantitative estimate of drug-likeness (QED) is 0.599. The smallest absolute Gasteiger partial charge is 0.307 e. The zero-order valence-corrected chi connectivity index (χ0v) is 6.13. The minimum atomic E-state index is -0.581. The number of carbonyl (C=O) groups is 1. The SMILES string of the molecule is CC12CC1CC[C@@H]2C(=O)O. The second kappa shape index (κ2) is 1.55. The molecule has 0 aromatic rings. The summed E-state index contributed by atoms with van der Waals surface area (Å²) in [6, 6.07) is 0. The van der Waals surface area contributed by atoms with Crippen LogP contribution in [0.5, 0.6) is 0 Å². The predicted octanol–water partition coefficient (Wildman–Crippen LogP) is 1.51. The molecule has 3 atom stereocenters. The Bertz CT molecular complexity index is 186. The lowest BCUT2D eigenvalue weighted by Gasteiger charge is -2.12. The largest absolute Gasteiger partial charge is 0.481 e. The average molecular weight is 140 g/mol. The maximum Gasteiger partial charge on any atom is 0.307 e. The molecule has 0 aromatic carbocycles. The van der Waals surface area contributed by atoms with Crippen LogP contribution in [0.3, 0.4) is 0 Å². The minimum Gasteiger partial charge on any atom is -0.481 e. The van der Waals surface area contributed by atoms with Crippen LogP contribution in [0.2, 0.25) is 0 Å². The number of carboxylic acid groups (broad SMARTS) is 1. The molecule has 2 aliphatic rings. The topological polar surface area (TPSA) is 37.3 Å². The van der Waals surface area contributed by atoms with Crippen molar-refractivity contribution in [1.82, 2.24) is 0 Å². The molecule has 0 spiro atoms. The first-order chi connectivity index (χ1) is 4.64. The molecule has 0 radical (unpaired) electrons. The van der Waals surface area contributed by atoms with E-state index in [-0.39, 0.29) is 11.3 Å². The molecule has 2 aliphatic carbocycles. The van der Waals surface area contributed by atoms with E-state index in [9.17, 15) is 4.79 Å². The van der Waals surface area contributed by atoms with Gasteiger partial charge in [-0.05, 0) is 30.6 Å². The van der Waals surface area contributed by atoms with Gasteiger partial charge in [0, 0.05) is 0 Å². The van der Waals surface area contributed by atoms with E-state index >= 15 is 0 Å². The molecule has 0 saturated heterocycles. The van der Waals surface area contributed by atoms with E-state index in [0.29, 0.717) is 0 Å². The second-order valence-electron chi connectivity index (χ2n) is 3.88. The molecule has 2 unspecified atom stereocenters. The highest BCUT2D eigenvalue weighted by atomic mass is 16.4. The number of hydrogen-bond acceptors (Lipinski definition) is 1. The molecule has 2 fully saturated rings. The fourth-order valence-corrected chi connectivity index (χ4v) is 2.43. The van der Waals surface area contributed by atoms with Crippen LogP contribution in [0.1, 0.15) is 26.2 Å². The van der Waals surface area contributed by atoms with Crippen LogP contribution in [0, 0.1) is 17.3 Å². The highest BCUT2D eigenvalue weighted by Crippen LogP contribution is 2.66. The van der Waals surface area contributed by atoms with Gasteiger partial charge in [-0.25, -0.2) is 0 Å². The highest BCUT2D eigenvalue weighted by Gasteiger charge is 2.61. The summed E-state index contributed by atoms with van der Waals surface area (Å²) in [6.07, 6.45) is 3.22. The molecule has 1 N–H and O–H groups in total. The lowest BCUT2D eigenvalue weighted by atomic mass is 9.93. The third kappa shape index (κ3) is 0.568. The maximum atomic E-state index is 10.6. The molecule has 56 valence electrons. The molecule has 2 rings (SSSR count). The van der Waals surface area contributed by atoms with Gasteiger partial charge in [-0.3, -0.25) is 4.79 Å². The average Bonchev–Trinajstić information content (AvgIpc) is 2.35. The van der Waals surface area contributed by atoms with Crippen molar-refractivity contribution in [1.29, 1.82) is 0 Å². The Balaban J connectivity index is 2.17. The van der Waals surface area contributed by atoms with Crippen molar-refractivity contribution in [2.45, 2.75) is 26.2 Å². The Morgan fingerprint density at radius 1 is 1.60 bits per heavy atom. The van der Waals surface area contributed by atoms with Gasteiger partial charge in [0.15, 0.2) is 0 Å². The lowest BCUT2D eigenvalue weighted by molar-refractivity contribution is -0.143. The molecule has 2 nitrogen and oxygen atoms in total. The van der Waals surface area contributed by atoms with E-state index < -0.39 is 5.97 Å². The van der Waals surface area contributed by atoms with Crippen LogP contribution in [-0.2, 0) is 4.79 Å². The third-order valence-electron chi connectivity index (χ3n) is 3.36. The van der Waals surface area contributed by atoms with Crippen LogP contribution < -0.4 is 0 Å². The molecule has 0 aliphatic heterocycles. The maximum absolute atomic E-state index is 10.6.